The largest absolute Gasteiger partial charge is 0.319 e. The van der Waals surface area contributed by atoms with E-state index in [-0.39, 0.29) is 5.91 Å². The normalized spacial score (nSPS) is 12.3. The van der Waals surface area contributed by atoms with Gasteiger partial charge < -0.3 is 4.57 Å². The Morgan fingerprint density at radius 1 is 1.16 bits per heavy atom. The highest BCUT2D eigenvalue weighted by Gasteiger charge is 2.09. The first kappa shape index (κ1) is 18.0. The lowest BCUT2D eigenvalue weighted by Gasteiger charge is -2.05. The lowest BCUT2D eigenvalue weighted by atomic mass is 10.1. The predicted molar refractivity (Wildman–Crippen MR) is 108 cm³/mol. The Labute approximate surface area is 156 Å². The number of hydrogen-bond acceptors (Lipinski definition) is 3. The third-order valence-electron chi connectivity index (χ3n) is 4.07. The molecule has 0 saturated carbocycles. The maximum atomic E-state index is 12.6. The molecule has 0 bridgehead atoms. The second-order valence-corrected chi connectivity index (χ2v) is 9.12. The fraction of sp³-hybridized carbons (Fsp3) is 0.300. The number of carbonyl (C=O) groups excluding carboxylic acids is 1. The molecule has 3 rings (SSSR count). The van der Waals surface area contributed by atoms with E-state index in [0.29, 0.717) is 10.8 Å². The molecule has 0 aliphatic carbocycles. The summed E-state index contributed by atoms with van der Waals surface area (Å²) >= 11 is 3.30. The number of fused-ring (bicyclic) bond motifs is 1. The molecule has 3 nitrogen and oxygen atoms in total. The first-order chi connectivity index (χ1) is 11.8. The first-order valence-electron chi connectivity index (χ1n) is 8.27. The summed E-state index contributed by atoms with van der Waals surface area (Å²) in [4.78, 5) is 18.8. The summed E-state index contributed by atoms with van der Waals surface area (Å²) in [5.41, 5.74) is 4.25. The molecule has 3 aromatic rings. The molecule has 0 aliphatic rings. The Hall–Kier alpha value is -1.85. The van der Waals surface area contributed by atoms with Crippen LogP contribution in [0.1, 0.15) is 35.3 Å². The van der Waals surface area contributed by atoms with Crippen LogP contribution < -0.4 is 4.80 Å². The smallest absolute Gasteiger partial charge is 0.279 e. The van der Waals surface area contributed by atoms with Gasteiger partial charge in [0.15, 0.2) is 4.80 Å². The number of rotatable bonds is 3. The van der Waals surface area contributed by atoms with Crippen LogP contribution in [-0.2, 0) is 7.05 Å². The molecule has 0 radical (unpaired) electrons. The Bertz CT molecular complexity index is 1010. The molecular formula is C20H22N2OS2. The molecule has 0 saturated heterocycles. The highest BCUT2D eigenvalue weighted by atomic mass is 32.2. The summed E-state index contributed by atoms with van der Waals surface area (Å²) in [6.45, 7) is 8.50. The monoisotopic (exact) mass is 370 g/mol. The highest BCUT2D eigenvalue weighted by molar-refractivity contribution is 7.99. The average molecular weight is 371 g/mol. The molecule has 2 aromatic carbocycles. The maximum absolute atomic E-state index is 12.6. The number of aromatic nitrogens is 1. The predicted octanol–water partition coefficient (Wildman–Crippen LogP) is 5.10. The number of thiazole rings is 1. The van der Waals surface area contributed by atoms with E-state index in [9.17, 15) is 4.79 Å². The van der Waals surface area contributed by atoms with Crippen molar-refractivity contribution in [2.75, 3.05) is 0 Å². The van der Waals surface area contributed by atoms with Crippen LogP contribution in [0.4, 0.5) is 0 Å². The number of aryl methyl sites for hydroxylation is 3. The zero-order chi connectivity index (χ0) is 18.1. The maximum Gasteiger partial charge on any atom is 0.279 e. The van der Waals surface area contributed by atoms with E-state index >= 15 is 0 Å². The van der Waals surface area contributed by atoms with Crippen LogP contribution in [0, 0.1) is 13.8 Å². The molecule has 130 valence electrons. The molecule has 0 unspecified atom stereocenters. The van der Waals surface area contributed by atoms with Crippen LogP contribution in [0.2, 0.25) is 0 Å². The van der Waals surface area contributed by atoms with Gasteiger partial charge in [0.25, 0.3) is 5.91 Å². The third-order valence-corrected chi connectivity index (χ3v) is 6.17. The van der Waals surface area contributed by atoms with Gasteiger partial charge in [0.1, 0.15) is 0 Å². The standard InChI is InChI=1S/C20H22N2OS2/c1-12(2)24-16-8-6-7-15(11-16)19(23)21-20-22(5)17-9-13(3)14(4)10-18(17)25-20/h6-12H,1-5H3. The van der Waals surface area contributed by atoms with Crippen molar-refractivity contribution < 1.29 is 4.79 Å². The van der Waals surface area contributed by atoms with Gasteiger partial charge in [-0.3, -0.25) is 4.79 Å². The lowest BCUT2D eigenvalue weighted by molar-refractivity contribution is 0.0997. The van der Waals surface area contributed by atoms with Crippen molar-refractivity contribution in [1.82, 2.24) is 4.57 Å². The molecule has 1 amide bonds. The number of hydrogen-bond donors (Lipinski definition) is 0. The molecule has 0 fully saturated rings. The zero-order valence-electron chi connectivity index (χ0n) is 15.2. The van der Waals surface area contributed by atoms with Crippen molar-refractivity contribution in [3.63, 3.8) is 0 Å². The van der Waals surface area contributed by atoms with Crippen molar-refractivity contribution in [3.8, 4) is 0 Å². The number of benzene rings is 2. The first-order valence-corrected chi connectivity index (χ1v) is 9.97. The van der Waals surface area contributed by atoms with Gasteiger partial charge in [-0.05, 0) is 55.3 Å². The minimum absolute atomic E-state index is 0.193. The van der Waals surface area contributed by atoms with Crippen molar-refractivity contribution in [1.29, 1.82) is 0 Å². The van der Waals surface area contributed by atoms with Crippen LogP contribution in [0.3, 0.4) is 0 Å². The van der Waals surface area contributed by atoms with E-state index in [4.69, 9.17) is 0 Å². The van der Waals surface area contributed by atoms with Crippen LogP contribution in [0.25, 0.3) is 10.2 Å². The number of thioether (sulfide) groups is 1. The van der Waals surface area contributed by atoms with Crippen molar-refractivity contribution in [2.24, 2.45) is 12.0 Å². The Morgan fingerprint density at radius 3 is 2.60 bits per heavy atom. The SMILES string of the molecule is Cc1cc2sc(=NC(=O)c3cccc(SC(C)C)c3)n(C)c2cc1C. The summed E-state index contributed by atoms with van der Waals surface area (Å²) in [5.74, 6) is -0.193. The fourth-order valence-corrected chi connectivity index (χ4v) is 4.61. The topological polar surface area (TPSA) is 34.4 Å². The van der Waals surface area contributed by atoms with Crippen molar-refractivity contribution in [2.45, 2.75) is 37.8 Å². The van der Waals surface area contributed by atoms with Gasteiger partial charge in [-0.15, -0.1) is 11.8 Å². The molecule has 1 aromatic heterocycles. The van der Waals surface area contributed by atoms with Crippen molar-refractivity contribution >= 4 is 39.2 Å². The van der Waals surface area contributed by atoms with Crippen LogP contribution in [-0.4, -0.2) is 15.7 Å². The number of nitrogens with zero attached hydrogens (tertiary/aromatic N) is 2. The van der Waals surface area contributed by atoms with E-state index < -0.39 is 0 Å². The van der Waals surface area contributed by atoms with Gasteiger partial charge in [0.2, 0.25) is 0 Å². The molecular weight excluding hydrogens is 348 g/mol. The van der Waals surface area contributed by atoms with Gasteiger partial charge in [0, 0.05) is 22.8 Å². The van der Waals surface area contributed by atoms with Gasteiger partial charge in [-0.2, -0.15) is 4.99 Å². The second-order valence-electron chi connectivity index (χ2n) is 6.46. The van der Waals surface area contributed by atoms with E-state index in [2.05, 4.69) is 44.8 Å². The quantitative estimate of drug-likeness (QED) is 0.601. The van der Waals surface area contributed by atoms with E-state index in [1.165, 1.54) is 11.1 Å². The summed E-state index contributed by atoms with van der Waals surface area (Å²) in [6, 6.07) is 12.0. The molecule has 5 heteroatoms. The minimum atomic E-state index is -0.193. The molecule has 0 spiro atoms. The zero-order valence-corrected chi connectivity index (χ0v) is 16.8. The van der Waals surface area contributed by atoms with Gasteiger partial charge in [-0.1, -0.05) is 31.3 Å². The van der Waals surface area contributed by atoms with Gasteiger partial charge in [0.05, 0.1) is 10.2 Å². The van der Waals surface area contributed by atoms with Crippen LogP contribution in [0.5, 0.6) is 0 Å². The fourth-order valence-electron chi connectivity index (χ4n) is 2.61. The average Bonchev–Trinajstić information content (AvgIpc) is 2.83. The Kier molecular flexibility index (Phi) is 5.16. The molecule has 0 atom stereocenters. The summed E-state index contributed by atoms with van der Waals surface area (Å²) in [6.07, 6.45) is 0. The summed E-state index contributed by atoms with van der Waals surface area (Å²) in [7, 11) is 1.96. The number of carbonyl (C=O) groups is 1. The molecule has 1 heterocycles. The second kappa shape index (κ2) is 7.18. The highest BCUT2D eigenvalue weighted by Crippen LogP contribution is 2.24. The number of amides is 1. The Balaban J connectivity index is 2.02. The Morgan fingerprint density at radius 2 is 1.88 bits per heavy atom. The van der Waals surface area contributed by atoms with Gasteiger partial charge >= 0.3 is 0 Å². The van der Waals surface area contributed by atoms with E-state index in [1.807, 2.05) is 35.9 Å². The molecule has 0 N–H and O–H groups in total. The lowest BCUT2D eigenvalue weighted by Crippen LogP contribution is -2.13. The van der Waals surface area contributed by atoms with E-state index in [0.717, 1.165) is 19.9 Å². The molecule has 0 aliphatic heterocycles. The summed E-state index contributed by atoms with van der Waals surface area (Å²) in [5, 5.41) is 0.481. The summed E-state index contributed by atoms with van der Waals surface area (Å²) < 4.78 is 3.15. The van der Waals surface area contributed by atoms with Gasteiger partial charge in [-0.25, -0.2) is 0 Å². The third kappa shape index (κ3) is 3.88. The minimum Gasteiger partial charge on any atom is -0.319 e. The van der Waals surface area contributed by atoms with E-state index in [1.54, 1.807) is 23.1 Å². The van der Waals surface area contributed by atoms with Crippen LogP contribution in [0.15, 0.2) is 46.3 Å². The van der Waals surface area contributed by atoms with Crippen molar-refractivity contribution in [3.05, 3.63) is 57.9 Å². The molecule has 25 heavy (non-hydrogen) atoms. The van der Waals surface area contributed by atoms with Crippen LogP contribution >= 0.6 is 23.1 Å².